The van der Waals surface area contributed by atoms with Gasteiger partial charge in [0, 0.05) is 5.56 Å². The molecule has 16 heavy (non-hydrogen) atoms. The number of benzene rings is 1. The van der Waals surface area contributed by atoms with Crippen LogP contribution in [0.3, 0.4) is 0 Å². The Morgan fingerprint density at radius 2 is 1.38 bits per heavy atom. The van der Waals surface area contributed by atoms with Crippen molar-refractivity contribution >= 4 is 5.97 Å². The van der Waals surface area contributed by atoms with Crippen LogP contribution in [0.1, 0.15) is 52.0 Å². The molecule has 1 aromatic rings. The fourth-order valence-corrected chi connectivity index (χ4v) is 2.65. The Hall–Kier alpha value is -1.31. The molecular formula is C14H18O2. The summed E-state index contributed by atoms with van der Waals surface area (Å²) in [5.41, 5.74) is 6.08. The molecule has 0 unspecified atom stereocenters. The molecule has 0 bridgehead atoms. The lowest BCUT2D eigenvalue weighted by molar-refractivity contribution is 0.00936. The van der Waals surface area contributed by atoms with Gasteiger partial charge >= 0.3 is 5.97 Å². The molecule has 0 radical (unpaired) electrons. The summed E-state index contributed by atoms with van der Waals surface area (Å²) in [5.74, 6) is -0.177. The van der Waals surface area contributed by atoms with Crippen LogP contribution in [0.5, 0.6) is 0 Å². The smallest absolute Gasteiger partial charge is 0.339 e. The summed E-state index contributed by atoms with van der Waals surface area (Å²) in [6, 6.07) is 0. The van der Waals surface area contributed by atoms with Crippen LogP contribution in [0, 0.1) is 27.7 Å². The fourth-order valence-electron chi connectivity index (χ4n) is 2.65. The standard InChI is InChI=1S/C14H18O2/c1-7-8(2)10(4)12-11(9(7)3)13(15)16-14(12,5)6/h1-6H3. The van der Waals surface area contributed by atoms with Crippen molar-refractivity contribution in [1.29, 1.82) is 0 Å². The molecule has 0 N–H and O–H groups in total. The summed E-state index contributed by atoms with van der Waals surface area (Å²) in [4.78, 5) is 11.9. The van der Waals surface area contributed by atoms with E-state index in [1.807, 2.05) is 20.8 Å². The molecule has 1 aliphatic rings. The maximum Gasteiger partial charge on any atom is 0.339 e. The van der Waals surface area contributed by atoms with Crippen LogP contribution in [0.15, 0.2) is 0 Å². The van der Waals surface area contributed by atoms with Gasteiger partial charge in [-0.25, -0.2) is 4.79 Å². The predicted octanol–water partition coefficient (Wildman–Crippen LogP) is 3.33. The average Bonchev–Trinajstić information content (AvgIpc) is 2.42. The van der Waals surface area contributed by atoms with Crippen molar-refractivity contribution in [2.24, 2.45) is 0 Å². The largest absolute Gasteiger partial charge is 0.451 e. The Kier molecular flexibility index (Phi) is 2.16. The predicted molar refractivity (Wildman–Crippen MR) is 63.8 cm³/mol. The third-order valence-corrected chi connectivity index (χ3v) is 3.84. The number of rotatable bonds is 0. The van der Waals surface area contributed by atoms with Gasteiger partial charge in [-0.1, -0.05) is 0 Å². The molecular weight excluding hydrogens is 200 g/mol. The molecule has 1 aliphatic heterocycles. The first-order valence-electron chi connectivity index (χ1n) is 5.61. The molecule has 2 rings (SSSR count). The molecule has 0 saturated carbocycles. The van der Waals surface area contributed by atoms with E-state index in [9.17, 15) is 4.79 Å². The van der Waals surface area contributed by atoms with Crippen molar-refractivity contribution < 1.29 is 9.53 Å². The highest BCUT2D eigenvalue weighted by atomic mass is 16.6. The zero-order valence-electron chi connectivity index (χ0n) is 10.8. The fraction of sp³-hybridized carbons (Fsp3) is 0.500. The molecule has 0 aromatic heterocycles. The quantitative estimate of drug-likeness (QED) is 0.624. The van der Waals surface area contributed by atoms with Crippen molar-refractivity contribution in [2.75, 3.05) is 0 Å². The number of fused-ring (bicyclic) bond motifs is 1. The first kappa shape index (κ1) is 11.2. The lowest BCUT2D eigenvalue weighted by atomic mass is 9.84. The number of carbonyl (C=O) groups is 1. The Labute approximate surface area is 96.6 Å². The molecule has 0 aliphatic carbocycles. The van der Waals surface area contributed by atoms with Crippen molar-refractivity contribution in [1.82, 2.24) is 0 Å². The van der Waals surface area contributed by atoms with E-state index in [1.54, 1.807) is 0 Å². The first-order valence-corrected chi connectivity index (χ1v) is 5.61. The lowest BCUT2D eigenvalue weighted by Gasteiger charge is -2.22. The molecule has 86 valence electrons. The normalized spacial score (nSPS) is 17.2. The molecule has 0 saturated heterocycles. The summed E-state index contributed by atoms with van der Waals surface area (Å²) >= 11 is 0. The lowest BCUT2D eigenvalue weighted by Crippen LogP contribution is -2.17. The maximum atomic E-state index is 11.9. The van der Waals surface area contributed by atoms with E-state index >= 15 is 0 Å². The monoisotopic (exact) mass is 218 g/mol. The zero-order chi connectivity index (χ0) is 12.2. The van der Waals surface area contributed by atoms with Gasteiger partial charge < -0.3 is 4.74 Å². The van der Waals surface area contributed by atoms with E-state index in [0.29, 0.717) is 0 Å². The first-order chi connectivity index (χ1) is 7.27. The second kappa shape index (κ2) is 3.09. The van der Waals surface area contributed by atoms with Crippen LogP contribution in [-0.4, -0.2) is 5.97 Å². The third kappa shape index (κ3) is 1.22. The molecule has 0 spiro atoms. The summed E-state index contributed by atoms with van der Waals surface area (Å²) < 4.78 is 5.45. The number of hydrogen-bond donors (Lipinski definition) is 0. The highest BCUT2D eigenvalue weighted by molar-refractivity contribution is 5.97. The maximum absolute atomic E-state index is 11.9. The van der Waals surface area contributed by atoms with E-state index in [2.05, 4.69) is 20.8 Å². The minimum absolute atomic E-state index is 0.177. The van der Waals surface area contributed by atoms with Gasteiger partial charge in [0.05, 0.1) is 5.56 Å². The van der Waals surface area contributed by atoms with Gasteiger partial charge in [0.25, 0.3) is 0 Å². The minimum Gasteiger partial charge on any atom is -0.451 e. The summed E-state index contributed by atoms with van der Waals surface area (Å²) in [6.07, 6.45) is 0. The number of hydrogen-bond acceptors (Lipinski definition) is 2. The Morgan fingerprint density at radius 1 is 0.875 bits per heavy atom. The summed E-state index contributed by atoms with van der Waals surface area (Å²) in [7, 11) is 0. The second-order valence-corrected chi connectivity index (χ2v) is 5.15. The highest BCUT2D eigenvalue weighted by Crippen LogP contribution is 2.41. The zero-order valence-corrected chi connectivity index (χ0v) is 10.8. The number of carbonyl (C=O) groups excluding carboxylic acids is 1. The Bertz CT molecular complexity index is 496. The van der Waals surface area contributed by atoms with E-state index in [1.165, 1.54) is 16.7 Å². The average molecular weight is 218 g/mol. The summed E-state index contributed by atoms with van der Waals surface area (Å²) in [6.45, 7) is 12.2. The second-order valence-electron chi connectivity index (χ2n) is 5.15. The van der Waals surface area contributed by atoms with Gasteiger partial charge in [0.2, 0.25) is 0 Å². The topological polar surface area (TPSA) is 26.3 Å². The molecule has 1 aromatic carbocycles. The summed E-state index contributed by atoms with van der Waals surface area (Å²) in [5, 5.41) is 0. The van der Waals surface area contributed by atoms with Crippen LogP contribution >= 0.6 is 0 Å². The van der Waals surface area contributed by atoms with Gasteiger partial charge in [-0.3, -0.25) is 0 Å². The van der Waals surface area contributed by atoms with Crippen LogP contribution in [0.25, 0.3) is 0 Å². The van der Waals surface area contributed by atoms with Crippen molar-refractivity contribution in [3.05, 3.63) is 33.4 Å². The van der Waals surface area contributed by atoms with Crippen LogP contribution in [-0.2, 0) is 10.3 Å². The molecule has 2 heteroatoms. The van der Waals surface area contributed by atoms with Crippen molar-refractivity contribution in [2.45, 2.75) is 47.1 Å². The third-order valence-electron chi connectivity index (χ3n) is 3.84. The van der Waals surface area contributed by atoms with Gasteiger partial charge in [-0.05, 0) is 63.8 Å². The van der Waals surface area contributed by atoms with Crippen LogP contribution < -0.4 is 0 Å². The minimum atomic E-state index is -0.486. The van der Waals surface area contributed by atoms with Gasteiger partial charge in [0.1, 0.15) is 5.60 Å². The number of esters is 1. The molecule has 2 nitrogen and oxygen atoms in total. The Morgan fingerprint density at radius 3 is 1.94 bits per heavy atom. The Balaban J connectivity index is 2.91. The van der Waals surface area contributed by atoms with Gasteiger partial charge in [-0.15, -0.1) is 0 Å². The van der Waals surface area contributed by atoms with Crippen LogP contribution in [0.4, 0.5) is 0 Å². The number of cyclic esters (lactones) is 1. The molecule has 0 fully saturated rings. The van der Waals surface area contributed by atoms with Crippen molar-refractivity contribution in [3.63, 3.8) is 0 Å². The van der Waals surface area contributed by atoms with E-state index < -0.39 is 5.60 Å². The number of ether oxygens (including phenoxy) is 1. The van der Waals surface area contributed by atoms with E-state index in [4.69, 9.17) is 4.74 Å². The van der Waals surface area contributed by atoms with Gasteiger partial charge in [0.15, 0.2) is 0 Å². The van der Waals surface area contributed by atoms with E-state index in [-0.39, 0.29) is 5.97 Å². The van der Waals surface area contributed by atoms with Crippen LogP contribution in [0.2, 0.25) is 0 Å². The molecule has 1 heterocycles. The van der Waals surface area contributed by atoms with Gasteiger partial charge in [-0.2, -0.15) is 0 Å². The van der Waals surface area contributed by atoms with Crippen molar-refractivity contribution in [3.8, 4) is 0 Å². The molecule has 0 amide bonds. The highest BCUT2D eigenvalue weighted by Gasteiger charge is 2.41. The van der Waals surface area contributed by atoms with E-state index in [0.717, 1.165) is 16.7 Å². The SMILES string of the molecule is Cc1c(C)c(C)c2c(c1C)C(=O)OC2(C)C. The molecule has 0 atom stereocenters.